The van der Waals surface area contributed by atoms with Crippen LogP contribution in [0.1, 0.15) is 68.0 Å². The maximum Gasteiger partial charge on any atom is 0.0963 e. The molecule has 1 aliphatic carbocycles. The SMILES string of the molecule is COCc1nc(C2CCCC2)sc1CNC(C)(C)C. The van der Waals surface area contributed by atoms with Crippen LogP contribution in [0.3, 0.4) is 0 Å². The van der Waals surface area contributed by atoms with Gasteiger partial charge in [-0.05, 0) is 33.6 Å². The predicted octanol–water partition coefficient (Wildman–Crippen LogP) is 3.84. The number of rotatable bonds is 5. The molecule has 19 heavy (non-hydrogen) atoms. The van der Waals surface area contributed by atoms with Crippen molar-refractivity contribution < 1.29 is 4.74 Å². The summed E-state index contributed by atoms with van der Waals surface area (Å²) >= 11 is 1.88. The van der Waals surface area contributed by atoms with E-state index in [2.05, 4.69) is 26.1 Å². The highest BCUT2D eigenvalue weighted by Gasteiger charge is 2.23. The smallest absolute Gasteiger partial charge is 0.0963 e. The minimum atomic E-state index is 0.141. The highest BCUT2D eigenvalue weighted by Crippen LogP contribution is 2.37. The van der Waals surface area contributed by atoms with Crippen LogP contribution in [0.4, 0.5) is 0 Å². The van der Waals surface area contributed by atoms with Crippen LogP contribution in [0, 0.1) is 0 Å². The van der Waals surface area contributed by atoms with Crippen molar-refractivity contribution in [2.45, 2.75) is 71.1 Å². The molecule has 0 amide bonds. The van der Waals surface area contributed by atoms with Crippen molar-refractivity contribution in [1.29, 1.82) is 0 Å². The van der Waals surface area contributed by atoms with Gasteiger partial charge in [-0.3, -0.25) is 0 Å². The van der Waals surface area contributed by atoms with Gasteiger partial charge in [0.25, 0.3) is 0 Å². The van der Waals surface area contributed by atoms with Crippen LogP contribution < -0.4 is 5.32 Å². The monoisotopic (exact) mass is 282 g/mol. The van der Waals surface area contributed by atoms with Gasteiger partial charge in [0.2, 0.25) is 0 Å². The van der Waals surface area contributed by atoms with Crippen molar-refractivity contribution in [2.75, 3.05) is 7.11 Å². The van der Waals surface area contributed by atoms with Crippen LogP contribution in [-0.4, -0.2) is 17.6 Å². The van der Waals surface area contributed by atoms with Gasteiger partial charge >= 0.3 is 0 Å². The molecule has 1 aliphatic rings. The zero-order chi connectivity index (χ0) is 13.9. The molecule has 1 aromatic rings. The lowest BCUT2D eigenvalue weighted by molar-refractivity contribution is 0.181. The van der Waals surface area contributed by atoms with Crippen LogP contribution in [-0.2, 0) is 17.9 Å². The van der Waals surface area contributed by atoms with E-state index in [0.717, 1.165) is 12.2 Å². The molecule has 1 heterocycles. The van der Waals surface area contributed by atoms with E-state index in [1.807, 2.05) is 11.3 Å². The summed E-state index contributed by atoms with van der Waals surface area (Å²) in [5.74, 6) is 0.698. The van der Waals surface area contributed by atoms with E-state index in [1.165, 1.54) is 35.6 Å². The second-order valence-electron chi connectivity index (χ2n) is 6.44. The Bertz CT molecular complexity index is 403. The van der Waals surface area contributed by atoms with Crippen molar-refractivity contribution in [1.82, 2.24) is 10.3 Å². The molecule has 0 spiro atoms. The number of ether oxygens (including phenoxy) is 1. The lowest BCUT2D eigenvalue weighted by Crippen LogP contribution is -2.35. The number of thiazole rings is 1. The first kappa shape index (κ1) is 14.9. The summed E-state index contributed by atoms with van der Waals surface area (Å²) in [5.41, 5.74) is 1.27. The molecule has 1 aromatic heterocycles. The second kappa shape index (κ2) is 6.33. The second-order valence-corrected chi connectivity index (χ2v) is 7.56. The first-order valence-electron chi connectivity index (χ1n) is 7.22. The maximum atomic E-state index is 5.29. The van der Waals surface area contributed by atoms with Crippen molar-refractivity contribution in [2.24, 2.45) is 0 Å². The third kappa shape index (κ3) is 4.26. The summed E-state index contributed by atoms with van der Waals surface area (Å²) in [5, 5.41) is 4.88. The van der Waals surface area contributed by atoms with Crippen LogP contribution in [0.5, 0.6) is 0 Å². The van der Waals surface area contributed by atoms with E-state index in [-0.39, 0.29) is 5.54 Å². The van der Waals surface area contributed by atoms with Gasteiger partial charge < -0.3 is 10.1 Å². The molecule has 2 rings (SSSR count). The van der Waals surface area contributed by atoms with Gasteiger partial charge in [0, 0.05) is 30.0 Å². The molecule has 1 saturated carbocycles. The first-order valence-corrected chi connectivity index (χ1v) is 8.03. The van der Waals surface area contributed by atoms with Crippen LogP contribution in [0.2, 0.25) is 0 Å². The molecule has 0 unspecified atom stereocenters. The van der Waals surface area contributed by atoms with Crippen molar-refractivity contribution in [3.63, 3.8) is 0 Å². The minimum Gasteiger partial charge on any atom is -0.378 e. The van der Waals surface area contributed by atoms with Crippen LogP contribution in [0.15, 0.2) is 0 Å². The van der Waals surface area contributed by atoms with E-state index >= 15 is 0 Å². The lowest BCUT2D eigenvalue weighted by atomic mass is 10.1. The highest BCUT2D eigenvalue weighted by atomic mass is 32.1. The Balaban J connectivity index is 2.10. The number of nitrogens with one attached hydrogen (secondary N) is 1. The van der Waals surface area contributed by atoms with Crippen molar-refractivity contribution in [3.8, 4) is 0 Å². The molecule has 0 saturated heterocycles. The summed E-state index contributed by atoms with van der Waals surface area (Å²) in [6.45, 7) is 8.11. The zero-order valence-electron chi connectivity index (χ0n) is 12.6. The number of nitrogens with zero attached hydrogens (tertiary/aromatic N) is 1. The Morgan fingerprint density at radius 3 is 2.58 bits per heavy atom. The number of methoxy groups -OCH3 is 1. The molecule has 0 radical (unpaired) electrons. The summed E-state index contributed by atoms with van der Waals surface area (Å²) in [6.07, 6.45) is 5.34. The first-order chi connectivity index (χ1) is 8.99. The van der Waals surface area contributed by atoms with Gasteiger partial charge in [-0.25, -0.2) is 4.98 Å². The summed E-state index contributed by atoms with van der Waals surface area (Å²) in [7, 11) is 1.75. The largest absolute Gasteiger partial charge is 0.378 e. The van der Waals surface area contributed by atoms with Crippen LogP contribution >= 0.6 is 11.3 Å². The molecular formula is C15H26N2OS. The van der Waals surface area contributed by atoms with Gasteiger partial charge in [0.15, 0.2) is 0 Å². The molecule has 3 nitrogen and oxygen atoms in total. The molecule has 0 aromatic carbocycles. The van der Waals surface area contributed by atoms with Gasteiger partial charge in [0.1, 0.15) is 0 Å². The molecule has 0 bridgehead atoms. The van der Waals surface area contributed by atoms with E-state index in [0.29, 0.717) is 12.5 Å². The fraction of sp³-hybridized carbons (Fsp3) is 0.800. The molecular weight excluding hydrogens is 256 g/mol. The Hall–Kier alpha value is -0.450. The third-order valence-corrected chi connectivity index (χ3v) is 4.82. The van der Waals surface area contributed by atoms with Gasteiger partial charge in [-0.2, -0.15) is 0 Å². The number of hydrogen-bond donors (Lipinski definition) is 1. The Morgan fingerprint density at radius 1 is 1.32 bits per heavy atom. The topological polar surface area (TPSA) is 34.1 Å². The summed E-state index contributed by atoms with van der Waals surface area (Å²) in [4.78, 5) is 6.18. The fourth-order valence-corrected chi connectivity index (χ4v) is 3.66. The number of aromatic nitrogens is 1. The average Bonchev–Trinajstić information content (AvgIpc) is 2.94. The molecule has 0 aliphatic heterocycles. The van der Waals surface area contributed by atoms with E-state index in [4.69, 9.17) is 9.72 Å². The zero-order valence-corrected chi connectivity index (χ0v) is 13.4. The van der Waals surface area contributed by atoms with Crippen molar-refractivity contribution >= 4 is 11.3 Å². The lowest BCUT2D eigenvalue weighted by Gasteiger charge is -2.20. The number of hydrogen-bond acceptors (Lipinski definition) is 4. The Labute approximate surface area is 120 Å². The predicted molar refractivity (Wildman–Crippen MR) is 80.6 cm³/mol. The summed E-state index contributed by atoms with van der Waals surface area (Å²) in [6, 6.07) is 0. The molecule has 1 N–H and O–H groups in total. The normalized spacial score (nSPS) is 17.3. The average molecular weight is 282 g/mol. The highest BCUT2D eigenvalue weighted by molar-refractivity contribution is 7.11. The fourth-order valence-electron chi connectivity index (χ4n) is 2.48. The standard InChI is InChI=1S/C15H26N2OS/c1-15(2,3)16-9-13-12(10-18-4)17-14(19-13)11-7-5-6-8-11/h11,16H,5-10H2,1-4H3. The van der Waals surface area contributed by atoms with Crippen LogP contribution in [0.25, 0.3) is 0 Å². The molecule has 4 heteroatoms. The summed E-state index contributed by atoms with van der Waals surface area (Å²) < 4.78 is 5.29. The minimum absolute atomic E-state index is 0.141. The maximum absolute atomic E-state index is 5.29. The molecule has 1 fully saturated rings. The Kier molecular flexibility index (Phi) is 4.98. The van der Waals surface area contributed by atoms with E-state index in [1.54, 1.807) is 7.11 Å². The van der Waals surface area contributed by atoms with E-state index < -0.39 is 0 Å². The molecule has 0 atom stereocenters. The van der Waals surface area contributed by atoms with Gasteiger partial charge in [-0.1, -0.05) is 12.8 Å². The molecule has 108 valence electrons. The Morgan fingerprint density at radius 2 is 2.00 bits per heavy atom. The van der Waals surface area contributed by atoms with Gasteiger partial charge in [-0.15, -0.1) is 11.3 Å². The third-order valence-electron chi connectivity index (χ3n) is 3.56. The quantitative estimate of drug-likeness (QED) is 0.891. The van der Waals surface area contributed by atoms with E-state index in [9.17, 15) is 0 Å². The van der Waals surface area contributed by atoms with Gasteiger partial charge in [0.05, 0.1) is 17.3 Å². The van der Waals surface area contributed by atoms with Crippen molar-refractivity contribution in [3.05, 3.63) is 15.6 Å².